The first-order chi connectivity index (χ1) is 13.9. The van der Waals surface area contributed by atoms with E-state index in [9.17, 15) is 13.2 Å². The number of hydrogen-bond acceptors (Lipinski definition) is 5. The van der Waals surface area contributed by atoms with Gasteiger partial charge in [-0.25, -0.2) is 18.2 Å². The standard InChI is InChI=1S/C21H23N3O4S/c1-16-7-2-5-12-24(16)29(26,27)19-9-6-8-17(13-19)21(25)28-15-18-14-23-11-4-3-10-20(23)22-18/h3-4,6,8-11,13-14,16H,2,5,7,12,15H2,1H3/t16-/m0/s1. The Morgan fingerprint density at radius 2 is 2.07 bits per heavy atom. The van der Waals surface area contributed by atoms with E-state index < -0.39 is 16.0 Å². The van der Waals surface area contributed by atoms with Crippen molar-refractivity contribution in [2.75, 3.05) is 6.54 Å². The molecule has 1 aliphatic heterocycles. The van der Waals surface area contributed by atoms with Gasteiger partial charge in [0.25, 0.3) is 0 Å². The van der Waals surface area contributed by atoms with Crippen LogP contribution in [0, 0.1) is 0 Å². The predicted molar refractivity (Wildman–Crippen MR) is 108 cm³/mol. The Morgan fingerprint density at radius 1 is 1.21 bits per heavy atom. The smallest absolute Gasteiger partial charge is 0.338 e. The van der Waals surface area contributed by atoms with Crippen LogP contribution in [0.15, 0.2) is 59.8 Å². The minimum Gasteiger partial charge on any atom is -0.456 e. The topological polar surface area (TPSA) is 81.0 Å². The highest BCUT2D eigenvalue weighted by molar-refractivity contribution is 7.89. The van der Waals surface area contributed by atoms with Crippen molar-refractivity contribution < 1.29 is 17.9 Å². The Bertz CT molecular complexity index is 1110. The molecule has 1 aliphatic rings. The second kappa shape index (κ2) is 7.96. The van der Waals surface area contributed by atoms with E-state index in [1.165, 1.54) is 16.4 Å². The highest BCUT2D eigenvalue weighted by atomic mass is 32.2. The Labute approximate surface area is 170 Å². The van der Waals surface area contributed by atoms with Crippen LogP contribution in [-0.2, 0) is 21.4 Å². The second-order valence-corrected chi connectivity index (χ2v) is 9.15. The maximum absolute atomic E-state index is 13.0. The molecule has 1 atom stereocenters. The number of aromatic nitrogens is 2. The molecule has 0 radical (unpaired) electrons. The van der Waals surface area contributed by atoms with Crippen molar-refractivity contribution in [2.24, 2.45) is 0 Å². The zero-order valence-corrected chi connectivity index (χ0v) is 17.0. The van der Waals surface area contributed by atoms with E-state index in [-0.39, 0.29) is 23.1 Å². The highest BCUT2D eigenvalue weighted by Crippen LogP contribution is 2.25. The summed E-state index contributed by atoms with van der Waals surface area (Å²) >= 11 is 0. The van der Waals surface area contributed by atoms with E-state index in [0.29, 0.717) is 12.2 Å². The van der Waals surface area contributed by atoms with Gasteiger partial charge in [-0.2, -0.15) is 4.31 Å². The number of carbonyl (C=O) groups is 1. The molecule has 29 heavy (non-hydrogen) atoms. The Morgan fingerprint density at radius 3 is 2.86 bits per heavy atom. The summed E-state index contributed by atoms with van der Waals surface area (Å²) in [5, 5.41) is 0. The van der Waals surface area contributed by atoms with Crippen LogP contribution in [0.25, 0.3) is 5.65 Å². The van der Waals surface area contributed by atoms with Gasteiger partial charge in [-0.15, -0.1) is 0 Å². The fraction of sp³-hybridized carbons (Fsp3) is 0.333. The molecule has 0 N–H and O–H groups in total. The van der Waals surface area contributed by atoms with Crippen LogP contribution >= 0.6 is 0 Å². The highest BCUT2D eigenvalue weighted by Gasteiger charge is 2.31. The molecule has 7 nitrogen and oxygen atoms in total. The molecule has 0 unspecified atom stereocenters. The van der Waals surface area contributed by atoms with Crippen molar-refractivity contribution >= 4 is 21.6 Å². The minimum atomic E-state index is -3.64. The lowest BCUT2D eigenvalue weighted by Gasteiger charge is -2.32. The lowest BCUT2D eigenvalue weighted by Crippen LogP contribution is -2.41. The lowest BCUT2D eigenvalue weighted by molar-refractivity contribution is 0.0468. The molecule has 2 aromatic heterocycles. The van der Waals surface area contributed by atoms with Gasteiger partial charge in [-0.1, -0.05) is 18.6 Å². The minimum absolute atomic E-state index is 0.0145. The summed E-state index contributed by atoms with van der Waals surface area (Å²) in [4.78, 5) is 17.0. The molecule has 1 aromatic carbocycles. The van der Waals surface area contributed by atoms with Crippen molar-refractivity contribution in [3.05, 3.63) is 66.1 Å². The van der Waals surface area contributed by atoms with Crippen LogP contribution in [0.4, 0.5) is 0 Å². The van der Waals surface area contributed by atoms with Crippen LogP contribution in [0.1, 0.15) is 42.2 Å². The first-order valence-electron chi connectivity index (χ1n) is 9.67. The zero-order valence-electron chi connectivity index (χ0n) is 16.2. The van der Waals surface area contributed by atoms with Gasteiger partial charge < -0.3 is 9.14 Å². The summed E-state index contributed by atoms with van der Waals surface area (Å²) in [6.45, 7) is 2.44. The number of pyridine rings is 1. The SMILES string of the molecule is C[C@H]1CCCCN1S(=O)(=O)c1cccc(C(=O)OCc2cn3ccccc3n2)c1. The maximum atomic E-state index is 13.0. The average Bonchev–Trinajstić information content (AvgIpc) is 3.15. The number of nitrogens with zero attached hydrogens (tertiary/aromatic N) is 3. The molecular formula is C21H23N3O4S. The van der Waals surface area contributed by atoms with E-state index >= 15 is 0 Å². The molecule has 0 saturated carbocycles. The van der Waals surface area contributed by atoms with Crippen LogP contribution in [0.2, 0.25) is 0 Å². The number of benzene rings is 1. The summed E-state index contributed by atoms with van der Waals surface area (Å²) in [5.41, 5.74) is 1.59. The lowest BCUT2D eigenvalue weighted by atomic mass is 10.1. The number of esters is 1. The third-order valence-corrected chi connectivity index (χ3v) is 7.19. The second-order valence-electron chi connectivity index (χ2n) is 7.26. The van der Waals surface area contributed by atoms with Crippen molar-refractivity contribution in [1.29, 1.82) is 0 Å². The van der Waals surface area contributed by atoms with Crippen LogP contribution in [0.5, 0.6) is 0 Å². The first-order valence-corrected chi connectivity index (χ1v) is 11.1. The van der Waals surface area contributed by atoms with Gasteiger partial charge in [0.05, 0.1) is 16.2 Å². The first kappa shape index (κ1) is 19.6. The van der Waals surface area contributed by atoms with Crippen molar-refractivity contribution in [1.82, 2.24) is 13.7 Å². The number of carbonyl (C=O) groups excluding carboxylic acids is 1. The number of sulfonamides is 1. The molecule has 1 saturated heterocycles. The molecule has 4 rings (SSSR count). The number of imidazole rings is 1. The molecule has 0 amide bonds. The van der Waals surface area contributed by atoms with Crippen LogP contribution < -0.4 is 0 Å². The van der Waals surface area contributed by atoms with E-state index in [4.69, 9.17) is 4.74 Å². The van der Waals surface area contributed by atoms with E-state index in [0.717, 1.165) is 24.9 Å². The van der Waals surface area contributed by atoms with Crippen molar-refractivity contribution in [3.63, 3.8) is 0 Å². The normalized spacial score (nSPS) is 18.0. The van der Waals surface area contributed by atoms with Gasteiger partial charge in [-0.3, -0.25) is 0 Å². The third kappa shape index (κ3) is 4.04. The molecule has 152 valence electrons. The van der Waals surface area contributed by atoms with Gasteiger partial charge in [0.2, 0.25) is 10.0 Å². The number of ether oxygens (including phenoxy) is 1. The quantitative estimate of drug-likeness (QED) is 0.600. The van der Waals surface area contributed by atoms with Gasteiger partial charge in [0, 0.05) is 25.0 Å². The van der Waals surface area contributed by atoms with Gasteiger partial charge >= 0.3 is 5.97 Å². The number of piperidine rings is 1. The molecule has 0 bridgehead atoms. The number of fused-ring (bicyclic) bond motifs is 1. The summed E-state index contributed by atoms with van der Waals surface area (Å²) in [7, 11) is -3.64. The Hall–Kier alpha value is -2.71. The van der Waals surface area contributed by atoms with Gasteiger partial charge in [0.15, 0.2) is 0 Å². The molecule has 0 spiro atoms. The summed E-state index contributed by atoms with van der Waals surface area (Å²) in [5.74, 6) is -0.578. The van der Waals surface area contributed by atoms with Crippen molar-refractivity contribution in [3.8, 4) is 0 Å². The van der Waals surface area contributed by atoms with E-state index in [1.54, 1.807) is 18.3 Å². The summed E-state index contributed by atoms with van der Waals surface area (Å²) in [6.07, 6.45) is 6.39. The van der Waals surface area contributed by atoms with E-state index in [1.807, 2.05) is 35.7 Å². The van der Waals surface area contributed by atoms with E-state index in [2.05, 4.69) is 4.98 Å². The maximum Gasteiger partial charge on any atom is 0.338 e. The molecule has 1 fully saturated rings. The fourth-order valence-corrected chi connectivity index (χ4v) is 5.37. The Balaban J connectivity index is 1.49. The number of rotatable bonds is 5. The molecule has 3 heterocycles. The molecule has 0 aliphatic carbocycles. The van der Waals surface area contributed by atoms with Crippen LogP contribution in [-0.4, -0.2) is 40.7 Å². The predicted octanol–water partition coefficient (Wildman–Crippen LogP) is 3.25. The fourth-order valence-electron chi connectivity index (χ4n) is 3.63. The molecule has 3 aromatic rings. The van der Waals surface area contributed by atoms with Gasteiger partial charge in [0.1, 0.15) is 12.3 Å². The monoisotopic (exact) mass is 413 g/mol. The number of hydrogen-bond donors (Lipinski definition) is 0. The largest absolute Gasteiger partial charge is 0.456 e. The molecule has 8 heteroatoms. The Kier molecular flexibility index (Phi) is 5.38. The van der Waals surface area contributed by atoms with Crippen LogP contribution in [0.3, 0.4) is 0 Å². The van der Waals surface area contributed by atoms with Gasteiger partial charge in [-0.05, 0) is 50.1 Å². The average molecular weight is 413 g/mol. The zero-order chi connectivity index (χ0) is 20.4. The summed E-state index contributed by atoms with van der Waals surface area (Å²) in [6, 6.07) is 11.6. The summed E-state index contributed by atoms with van der Waals surface area (Å²) < 4.78 is 34.7. The third-order valence-electron chi connectivity index (χ3n) is 5.18. The molecular weight excluding hydrogens is 390 g/mol. The van der Waals surface area contributed by atoms with Crippen molar-refractivity contribution in [2.45, 2.75) is 43.7 Å².